The van der Waals surface area contributed by atoms with E-state index in [1.54, 1.807) is 0 Å². The summed E-state index contributed by atoms with van der Waals surface area (Å²) in [6, 6.07) is 9.67. The predicted molar refractivity (Wildman–Crippen MR) is 79.9 cm³/mol. The molecule has 19 heavy (non-hydrogen) atoms. The molecular weight excluding hydrogens is 236 g/mol. The van der Waals surface area contributed by atoms with Crippen LogP contribution in [0.3, 0.4) is 0 Å². The molecule has 0 aliphatic rings. The minimum atomic E-state index is -1.55. The molecule has 0 saturated carbocycles. The highest BCUT2D eigenvalue weighted by Gasteiger charge is 2.22. The Bertz CT molecular complexity index is 319. The van der Waals surface area contributed by atoms with E-state index in [2.05, 4.69) is 6.92 Å². The molecule has 0 aromatic heterocycles. The van der Waals surface area contributed by atoms with E-state index in [4.69, 9.17) is 0 Å². The van der Waals surface area contributed by atoms with Crippen LogP contribution in [-0.4, -0.2) is 16.0 Å². The maximum atomic E-state index is 9.96. The van der Waals surface area contributed by atoms with E-state index in [1.165, 1.54) is 32.1 Å². The number of unbranched alkanes of at least 4 members (excludes halogenated alkanes) is 6. The van der Waals surface area contributed by atoms with Crippen LogP contribution in [0.15, 0.2) is 30.3 Å². The lowest BCUT2D eigenvalue weighted by Crippen LogP contribution is -2.30. The van der Waals surface area contributed by atoms with Crippen LogP contribution in [-0.2, 0) is 6.42 Å². The normalized spacial score (nSPS) is 11.7. The second kappa shape index (κ2) is 9.11. The smallest absolute Gasteiger partial charge is 0.166 e. The van der Waals surface area contributed by atoms with Crippen molar-refractivity contribution in [2.45, 2.75) is 70.5 Å². The van der Waals surface area contributed by atoms with E-state index in [0.717, 1.165) is 18.4 Å². The van der Waals surface area contributed by atoms with E-state index >= 15 is 0 Å². The van der Waals surface area contributed by atoms with Crippen molar-refractivity contribution >= 4 is 0 Å². The molecule has 2 N–H and O–H groups in total. The highest BCUT2D eigenvalue weighted by molar-refractivity contribution is 5.16. The average molecular weight is 264 g/mol. The van der Waals surface area contributed by atoms with Crippen LogP contribution in [0, 0.1) is 0 Å². The van der Waals surface area contributed by atoms with Gasteiger partial charge in [0.15, 0.2) is 5.79 Å². The molecule has 0 spiro atoms. The molecule has 0 aliphatic carbocycles. The van der Waals surface area contributed by atoms with Crippen molar-refractivity contribution < 1.29 is 10.2 Å². The zero-order valence-corrected chi connectivity index (χ0v) is 12.1. The highest BCUT2D eigenvalue weighted by atomic mass is 16.5. The minimum absolute atomic E-state index is 0.323. The van der Waals surface area contributed by atoms with Crippen LogP contribution in [0.25, 0.3) is 0 Å². The Morgan fingerprint density at radius 2 is 1.42 bits per heavy atom. The first-order chi connectivity index (χ1) is 9.14. The molecule has 0 bridgehead atoms. The number of aliphatic hydroxyl groups is 2. The standard InChI is InChI=1S/C17H28O2/c1-2-3-4-5-6-7-11-14-17(18,19)15-16-12-9-8-10-13-16/h8-10,12-13,18-19H,2-7,11,14-15H2,1H3. The van der Waals surface area contributed by atoms with E-state index in [-0.39, 0.29) is 0 Å². The van der Waals surface area contributed by atoms with Gasteiger partial charge in [-0.15, -0.1) is 0 Å². The van der Waals surface area contributed by atoms with Gasteiger partial charge < -0.3 is 10.2 Å². The lowest BCUT2D eigenvalue weighted by atomic mass is 9.99. The summed E-state index contributed by atoms with van der Waals surface area (Å²) in [6.45, 7) is 2.22. The Morgan fingerprint density at radius 1 is 0.842 bits per heavy atom. The Kier molecular flexibility index (Phi) is 7.76. The molecular formula is C17H28O2. The van der Waals surface area contributed by atoms with Crippen molar-refractivity contribution in [3.05, 3.63) is 35.9 Å². The maximum Gasteiger partial charge on any atom is 0.166 e. The summed E-state index contributed by atoms with van der Waals surface area (Å²) >= 11 is 0. The van der Waals surface area contributed by atoms with Crippen LogP contribution in [0.1, 0.15) is 63.9 Å². The SMILES string of the molecule is CCCCCCCCCC(O)(O)Cc1ccccc1. The number of hydrogen-bond donors (Lipinski definition) is 2. The summed E-state index contributed by atoms with van der Waals surface area (Å²) in [5, 5.41) is 19.9. The second-order valence-corrected chi connectivity index (χ2v) is 5.52. The summed E-state index contributed by atoms with van der Waals surface area (Å²) in [5.41, 5.74) is 0.982. The number of benzene rings is 1. The summed E-state index contributed by atoms with van der Waals surface area (Å²) in [5.74, 6) is -1.55. The maximum absolute atomic E-state index is 9.96. The Balaban J connectivity index is 2.13. The number of hydrogen-bond acceptors (Lipinski definition) is 2. The van der Waals surface area contributed by atoms with Gasteiger partial charge in [0, 0.05) is 12.8 Å². The van der Waals surface area contributed by atoms with Crippen LogP contribution < -0.4 is 0 Å². The first-order valence-corrected chi connectivity index (χ1v) is 7.63. The van der Waals surface area contributed by atoms with Crippen LogP contribution in [0.5, 0.6) is 0 Å². The van der Waals surface area contributed by atoms with Crippen LogP contribution >= 0.6 is 0 Å². The Labute approximate surface area is 117 Å². The molecule has 0 fully saturated rings. The minimum Gasteiger partial charge on any atom is -0.365 e. The van der Waals surface area contributed by atoms with Crippen molar-refractivity contribution in [2.24, 2.45) is 0 Å². The molecule has 1 aromatic rings. The van der Waals surface area contributed by atoms with Gasteiger partial charge in [0.05, 0.1) is 0 Å². The van der Waals surface area contributed by atoms with Gasteiger partial charge in [-0.2, -0.15) is 0 Å². The molecule has 0 unspecified atom stereocenters. The highest BCUT2D eigenvalue weighted by Crippen LogP contribution is 2.18. The van der Waals surface area contributed by atoms with Gasteiger partial charge in [0.25, 0.3) is 0 Å². The third-order valence-corrected chi connectivity index (χ3v) is 3.51. The fraction of sp³-hybridized carbons (Fsp3) is 0.647. The van der Waals surface area contributed by atoms with Gasteiger partial charge in [-0.25, -0.2) is 0 Å². The van der Waals surface area contributed by atoms with Gasteiger partial charge in [-0.05, 0) is 12.0 Å². The third-order valence-electron chi connectivity index (χ3n) is 3.51. The fourth-order valence-corrected chi connectivity index (χ4v) is 2.38. The average Bonchev–Trinajstić information content (AvgIpc) is 2.38. The van der Waals surface area contributed by atoms with E-state index < -0.39 is 5.79 Å². The topological polar surface area (TPSA) is 40.5 Å². The molecule has 0 heterocycles. The van der Waals surface area contributed by atoms with Gasteiger partial charge in [-0.1, -0.05) is 75.8 Å². The molecule has 1 aromatic carbocycles. The lowest BCUT2D eigenvalue weighted by Gasteiger charge is -2.21. The van der Waals surface area contributed by atoms with Crippen molar-refractivity contribution in [3.63, 3.8) is 0 Å². The molecule has 0 radical (unpaired) electrons. The molecule has 0 amide bonds. The number of rotatable bonds is 10. The zero-order valence-electron chi connectivity index (χ0n) is 12.1. The monoisotopic (exact) mass is 264 g/mol. The molecule has 0 atom stereocenters. The van der Waals surface area contributed by atoms with Gasteiger partial charge in [0.1, 0.15) is 0 Å². The fourth-order valence-electron chi connectivity index (χ4n) is 2.38. The lowest BCUT2D eigenvalue weighted by molar-refractivity contribution is -0.165. The van der Waals surface area contributed by atoms with Gasteiger partial charge in [0.2, 0.25) is 0 Å². The van der Waals surface area contributed by atoms with Crippen molar-refractivity contribution in [1.82, 2.24) is 0 Å². The third kappa shape index (κ3) is 8.02. The zero-order chi connectivity index (χ0) is 14.0. The molecule has 108 valence electrons. The second-order valence-electron chi connectivity index (χ2n) is 5.52. The summed E-state index contributed by atoms with van der Waals surface area (Å²) in [4.78, 5) is 0. The summed E-state index contributed by atoms with van der Waals surface area (Å²) in [6.07, 6.45) is 9.17. The van der Waals surface area contributed by atoms with E-state index in [9.17, 15) is 10.2 Å². The quantitative estimate of drug-likeness (QED) is 0.494. The van der Waals surface area contributed by atoms with Gasteiger partial charge >= 0.3 is 0 Å². The molecule has 0 aliphatic heterocycles. The van der Waals surface area contributed by atoms with Crippen molar-refractivity contribution in [1.29, 1.82) is 0 Å². The summed E-state index contributed by atoms with van der Waals surface area (Å²) < 4.78 is 0. The van der Waals surface area contributed by atoms with Crippen LogP contribution in [0.2, 0.25) is 0 Å². The van der Waals surface area contributed by atoms with Crippen LogP contribution in [0.4, 0.5) is 0 Å². The molecule has 1 rings (SSSR count). The molecule has 2 heteroatoms. The summed E-state index contributed by atoms with van der Waals surface area (Å²) in [7, 11) is 0. The van der Waals surface area contributed by atoms with E-state index in [1.807, 2.05) is 30.3 Å². The molecule has 0 saturated heterocycles. The predicted octanol–water partition coefficient (Wildman–Crippen LogP) is 4.05. The largest absolute Gasteiger partial charge is 0.365 e. The van der Waals surface area contributed by atoms with E-state index in [0.29, 0.717) is 12.8 Å². The van der Waals surface area contributed by atoms with Crippen molar-refractivity contribution in [2.75, 3.05) is 0 Å². The Morgan fingerprint density at radius 3 is 2.05 bits per heavy atom. The first-order valence-electron chi connectivity index (χ1n) is 7.63. The van der Waals surface area contributed by atoms with Gasteiger partial charge in [-0.3, -0.25) is 0 Å². The van der Waals surface area contributed by atoms with Crippen molar-refractivity contribution in [3.8, 4) is 0 Å². The first kappa shape index (κ1) is 16.2. The molecule has 2 nitrogen and oxygen atoms in total. The Hall–Kier alpha value is -0.860.